The van der Waals surface area contributed by atoms with E-state index in [1.165, 1.54) is 42.7 Å². The first-order valence-corrected chi connectivity index (χ1v) is 7.78. The Morgan fingerprint density at radius 2 is 2.08 bits per heavy atom. The summed E-state index contributed by atoms with van der Waals surface area (Å²) >= 11 is 0. The molecule has 1 aromatic carbocycles. The fourth-order valence-corrected chi connectivity index (χ4v) is 2.44. The van der Waals surface area contributed by atoms with Crippen LogP contribution in [0.2, 0.25) is 0 Å². The molecule has 0 unspecified atom stereocenters. The van der Waals surface area contributed by atoms with Gasteiger partial charge in [0.1, 0.15) is 5.57 Å². The van der Waals surface area contributed by atoms with Crippen LogP contribution >= 0.6 is 0 Å². The van der Waals surface area contributed by atoms with Crippen LogP contribution in [0.1, 0.15) is 12.5 Å². The lowest BCUT2D eigenvalue weighted by Gasteiger charge is -2.26. The zero-order valence-corrected chi connectivity index (χ0v) is 13.8. The van der Waals surface area contributed by atoms with Crippen molar-refractivity contribution in [1.29, 1.82) is 0 Å². The lowest BCUT2D eigenvalue weighted by Crippen LogP contribution is -2.54. The van der Waals surface area contributed by atoms with Gasteiger partial charge in [-0.3, -0.25) is 19.9 Å². The summed E-state index contributed by atoms with van der Waals surface area (Å²) in [5, 5.41) is 11.9. The average Bonchev–Trinajstić information content (AvgIpc) is 2.62. The number of urea groups is 1. The Bertz CT molecular complexity index is 908. The molecule has 2 N–H and O–H groups in total. The Labute approximate surface area is 148 Å². The summed E-state index contributed by atoms with van der Waals surface area (Å²) in [6, 6.07) is 6.68. The monoisotopic (exact) mass is 353 g/mol. The van der Waals surface area contributed by atoms with Crippen molar-refractivity contribution in [3.8, 4) is 11.5 Å². The number of aromatic nitrogens is 1. The van der Waals surface area contributed by atoms with Crippen molar-refractivity contribution in [2.75, 3.05) is 11.5 Å². The van der Waals surface area contributed by atoms with Crippen molar-refractivity contribution in [3.05, 3.63) is 53.9 Å². The minimum Gasteiger partial charge on any atom is -0.504 e. The second kappa shape index (κ2) is 7.06. The Balaban J connectivity index is 1.99. The topological polar surface area (TPSA) is 109 Å². The predicted octanol–water partition coefficient (Wildman–Crippen LogP) is 1.85. The number of hydrogen-bond donors (Lipinski definition) is 2. The maximum Gasteiger partial charge on any atom is 0.336 e. The summed E-state index contributed by atoms with van der Waals surface area (Å²) in [5.41, 5.74) is 0.487. The van der Waals surface area contributed by atoms with E-state index in [-0.39, 0.29) is 22.8 Å². The van der Waals surface area contributed by atoms with Crippen LogP contribution in [-0.2, 0) is 9.59 Å². The summed E-state index contributed by atoms with van der Waals surface area (Å²) < 4.78 is 5.29. The summed E-state index contributed by atoms with van der Waals surface area (Å²) in [4.78, 5) is 41.6. The molecule has 1 aliphatic rings. The molecule has 2 heterocycles. The number of ether oxygens (including phenoxy) is 1. The van der Waals surface area contributed by atoms with E-state index in [2.05, 4.69) is 10.3 Å². The number of carbonyl (C=O) groups excluding carboxylic acids is 3. The number of aromatic hydroxyl groups is 1. The number of nitrogens with zero attached hydrogens (tertiary/aromatic N) is 2. The molecule has 1 aromatic heterocycles. The van der Waals surface area contributed by atoms with E-state index in [0.717, 1.165) is 4.90 Å². The Morgan fingerprint density at radius 3 is 2.77 bits per heavy atom. The number of barbiturate groups is 1. The standard InChI is InChI=1S/C18H15N3O5/c1-2-26-15-9-11(5-6-14(15)22)8-13-16(23)20-18(25)21(17(13)24)12-4-3-7-19-10-12/h3-10,22H,2H2,1H3,(H,20,23,25)/b13-8+. The molecule has 0 aliphatic carbocycles. The molecule has 1 fully saturated rings. The van der Waals surface area contributed by atoms with Crippen LogP contribution in [0.5, 0.6) is 11.5 Å². The molecular formula is C18H15N3O5. The van der Waals surface area contributed by atoms with Gasteiger partial charge in [0.25, 0.3) is 11.8 Å². The molecular weight excluding hydrogens is 338 g/mol. The maximum atomic E-state index is 12.7. The highest BCUT2D eigenvalue weighted by atomic mass is 16.5. The van der Waals surface area contributed by atoms with Gasteiger partial charge in [0.2, 0.25) is 0 Å². The number of phenols is 1. The average molecular weight is 353 g/mol. The summed E-state index contributed by atoms with van der Waals surface area (Å²) in [7, 11) is 0. The van der Waals surface area contributed by atoms with Crippen LogP contribution in [0.3, 0.4) is 0 Å². The number of carbonyl (C=O) groups is 3. The Hall–Kier alpha value is -3.68. The van der Waals surface area contributed by atoms with Gasteiger partial charge in [-0.2, -0.15) is 0 Å². The van der Waals surface area contributed by atoms with Crippen molar-refractivity contribution < 1.29 is 24.2 Å². The van der Waals surface area contributed by atoms with E-state index >= 15 is 0 Å². The highest BCUT2D eigenvalue weighted by molar-refractivity contribution is 6.39. The van der Waals surface area contributed by atoms with Gasteiger partial charge in [-0.15, -0.1) is 0 Å². The number of rotatable bonds is 4. The van der Waals surface area contributed by atoms with E-state index in [0.29, 0.717) is 12.2 Å². The SMILES string of the molecule is CCOc1cc(/C=C2\C(=O)NC(=O)N(c3cccnc3)C2=O)ccc1O. The molecule has 0 spiro atoms. The van der Waals surface area contributed by atoms with Crippen molar-refractivity contribution in [2.45, 2.75) is 6.92 Å². The Kier molecular flexibility index (Phi) is 4.66. The van der Waals surface area contributed by atoms with Crippen LogP contribution in [-0.4, -0.2) is 34.5 Å². The van der Waals surface area contributed by atoms with E-state index in [1.807, 2.05) is 0 Å². The number of amides is 4. The number of pyridine rings is 1. The molecule has 3 rings (SSSR count). The first-order valence-electron chi connectivity index (χ1n) is 7.78. The highest BCUT2D eigenvalue weighted by Gasteiger charge is 2.36. The smallest absolute Gasteiger partial charge is 0.336 e. The van der Waals surface area contributed by atoms with Crippen LogP contribution < -0.4 is 15.0 Å². The number of nitrogens with one attached hydrogen (secondary N) is 1. The molecule has 8 nitrogen and oxygen atoms in total. The second-order valence-electron chi connectivity index (χ2n) is 5.33. The third-order valence-electron chi connectivity index (χ3n) is 3.60. The molecule has 0 atom stereocenters. The van der Waals surface area contributed by atoms with E-state index in [1.54, 1.807) is 13.0 Å². The zero-order chi connectivity index (χ0) is 18.7. The van der Waals surface area contributed by atoms with Gasteiger partial charge in [-0.05, 0) is 42.8 Å². The quantitative estimate of drug-likeness (QED) is 0.641. The van der Waals surface area contributed by atoms with Gasteiger partial charge in [0.15, 0.2) is 11.5 Å². The molecule has 8 heteroatoms. The summed E-state index contributed by atoms with van der Waals surface area (Å²) in [6.45, 7) is 2.11. The molecule has 1 aliphatic heterocycles. The van der Waals surface area contributed by atoms with Gasteiger partial charge < -0.3 is 9.84 Å². The van der Waals surface area contributed by atoms with Crippen molar-refractivity contribution >= 4 is 29.6 Å². The van der Waals surface area contributed by atoms with Crippen LogP contribution in [0.25, 0.3) is 6.08 Å². The van der Waals surface area contributed by atoms with Crippen molar-refractivity contribution in [1.82, 2.24) is 10.3 Å². The first kappa shape index (κ1) is 17.2. The molecule has 4 amide bonds. The third-order valence-corrected chi connectivity index (χ3v) is 3.60. The van der Waals surface area contributed by atoms with Gasteiger partial charge in [-0.1, -0.05) is 6.07 Å². The molecule has 132 valence electrons. The Morgan fingerprint density at radius 1 is 1.27 bits per heavy atom. The number of hydrogen-bond acceptors (Lipinski definition) is 6. The first-order chi connectivity index (χ1) is 12.5. The largest absolute Gasteiger partial charge is 0.504 e. The van der Waals surface area contributed by atoms with Gasteiger partial charge in [0, 0.05) is 6.20 Å². The number of imide groups is 2. The molecule has 0 radical (unpaired) electrons. The zero-order valence-electron chi connectivity index (χ0n) is 13.8. The van der Waals surface area contributed by atoms with Gasteiger partial charge >= 0.3 is 6.03 Å². The fourth-order valence-electron chi connectivity index (χ4n) is 2.44. The minimum absolute atomic E-state index is 0.0550. The second-order valence-corrected chi connectivity index (χ2v) is 5.33. The van der Waals surface area contributed by atoms with Crippen molar-refractivity contribution in [3.63, 3.8) is 0 Å². The number of anilines is 1. The fraction of sp³-hybridized carbons (Fsp3) is 0.111. The van der Waals surface area contributed by atoms with Crippen LogP contribution in [0.4, 0.5) is 10.5 Å². The molecule has 0 bridgehead atoms. The van der Waals surface area contributed by atoms with Crippen LogP contribution in [0, 0.1) is 0 Å². The van der Waals surface area contributed by atoms with E-state index in [4.69, 9.17) is 4.74 Å². The molecule has 1 saturated heterocycles. The lowest BCUT2D eigenvalue weighted by atomic mass is 10.1. The molecule has 0 saturated carbocycles. The summed E-state index contributed by atoms with van der Waals surface area (Å²) in [6.07, 6.45) is 4.18. The predicted molar refractivity (Wildman–Crippen MR) is 92.5 cm³/mol. The molecule has 26 heavy (non-hydrogen) atoms. The van der Waals surface area contributed by atoms with Crippen molar-refractivity contribution in [2.24, 2.45) is 0 Å². The minimum atomic E-state index is -0.842. The lowest BCUT2D eigenvalue weighted by molar-refractivity contribution is -0.122. The third kappa shape index (κ3) is 3.25. The number of benzene rings is 1. The van der Waals surface area contributed by atoms with Gasteiger partial charge in [0.05, 0.1) is 18.5 Å². The van der Waals surface area contributed by atoms with E-state index in [9.17, 15) is 19.5 Å². The van der Waals surface area contributed by atoms with Gasteiger partial charge in [-0.25, -0.2) is 9.69 Å². The summed E-state index contributed by atoms with van der Waals surface area (Å²) in [5.74, 6) is -1.39. The highest BCUT2D eigenvalue weighted by Crippen LogP contribution is 2.28. The van der Waals surface area contributed by atoms with Crippen LogP contribution in [0.15, 0.2) is 48.3 Å². The molecule has 2 aromatic rings. The normalized spacial score (nSPS) is 16.0. The van der Waals surface area contributed by atoms with E-state index < -0.39 is 17.8 Å². The number of phenolic OH excluding ortho intramolecular Hbond substituents is 1. The maximum absolute atomic E-state index is 12.7.